The maximum atomic E-state index is 13.2. The molecule has 94 valence electrons. The van der Waals surface area contributed by atoms with E-state index in [1.54, 1.807) is 6.07 Å². The maximum Gasteiger partial charge on any atom is 0.123 e. The van der Waals surface area contributed by atoms with Crippen molar-refractivity contribution >= 4 is 15.9 Å². The number of aryl methyl sites for hydroxylation is 1. The Labute approximate surface area is 115 Å². The summed E-state index contributed by atoms with van der Waals surface area (Å²) in [6, 6.07) is 12.6. The van der Waals surface area contributed by atoms with Gasteiger partial charge in [0.05, 0.1) is 5.54 Å². The van der Waals surface area contributed by atoms with Gasteiger partial charge in [-0.3, -0.25) is 0 Å². The summed E-state index contributed by atoms with van der Waals surface area (Å²) in [5.41, 5.74) is 8.58. The SMILES string of the molecule is Cc1cc(F)ccc1C(C)(N)c1cccc(Br)c1. The molecule has 1 nitrogen and oxygen atoms in total. The van der Waals surface area contributed by atoms with Crippen LogP contribution in [0, 0.1) is 12.7 Å². The molecule has 2 aromatic rings. The van der Waals surface area contributed by atoms with Crippen LogP contribution >= 0.6 is 15.9 Å². The lowest BCUT2D eigenvalue weighted by atomic mass is 9.83. The third-order valence-corrected chi connectivity index (χ3v) is 3.67. The molecule has 1 atom stereocenters. The molecule has 0 aliphatic heterocycles. The maximum absolute atomic E-state index is 13.2. The summed E-state index contributed by atoms with van der Waals surface area (Å²) in [6.07, 6.45) is 0. The van der Waals surface area contributed by atoms with Crippen molar-refractivity contribution in [3.63, 3.8) is 0 Å². The van der Waals surface area contributed by atoms with E-state index in [-0.39, 0.29) is 5.82 Å². The summed E-state index contributed by atoms with van der Waals surface area (Å²) < 4.78 is 14.1. The van der Waals surface area contributed by atoms with E-state index in [0.29, 0.717) is 0 Å². The smallest absolute Gasteiger partial charge is 0.123 e. The van der Waals surface area contributed by atoms with E-state index in [2.05, 4.69) is 15.9 Å². The second-order valence-electron chi connectivity index (χ2n) is 4.67. The van der Waals surface area contributed by atoms with Gasteiger partial charge in [-0.15, -0.1) is 0 Å². The van der Waals surface area contributed by atoms with Crippen LogP contribution in [0.2, 0.25) is 0 Å². The molecule has 0 bridgehead atoms. The third kappa shape index (κ3) is 2.47. The largest absolute Gasteiger partial charge is 0.318 e. The number of rotatable bonds is 2. The second-order valence-corrected chi connectivity index (χ2v) is 5.59. The van der Waals surface area contributed by atoms with Crippen LogP contribution in [0.4, 0.5) is 4.39 Å². The third-order valence-electron chi connectivity index (χ3n) is 3.17. The second kappa shape index (κ2) is 4.82. The fourth-order valence-corrected chi connectivity index (χ4v) is 2.58. The summed E-state index contributed by atoms with van der Waals surface area (Å²) in [5.74, 6) is -0.235. The van der Waals surface area contributed by atoms with E-state index in [0.717, 1.165) is 21.2 Å². The Hall–Kier alpha value is -1.19. The van der Waals surface area contributed by atoms with Crippen molar-refractivity contribution in [3.8, 4) is 0 Å². The molecule has 0 saturated heterocycles. The molecule has 2 N–H and O–H groups in total. The molecule has 0 radical (unpaired) electrons. The Morgan fingerprint density at radius 3 is 2.50 bits per heavy atom. The molecule has 1 unspecified atom stereocenters. The number of benzene rings is 2. The molecule has 0 amide bonds. The molecule has 18 heavy (non-hydrogen) atoms. The van der Waals surface area contributed by atoms with Gasteiger partial charge in [0.15, 0.2) is 0 Å². The Kier molecular flexibility index (Phi) is 3.55. The number of hydrogen-bond acceptors (Lipinski definition) is 1. The minimum Gasteiger partial charge on any atom is -0.318 e. The zero-order valence-electron chi connectivity index (χ0n) is 10.4. The molecule has 0 spiro atoms. The average molecular weight is 308 g/mol. The van der Waals surface area contributed by atoms with Gasteiger partial charge in [-0.25, -0.2) is 4.39 Å². The highest BCUT2D eigenvalue weighted by Gasteiger charge is 2.25. The van der Waals surface area contributed by atoms with E-state index in [1.165, 1.54) is 12.1 Å². The first-order valence-electron chi connectivity index (χ1n) is 5.73. The summed E-state index contributed by atoms with van der Waals surface area (Å²) in [6.45, 7) is 3.82. The molecular formula is C15H15BrFN. The average Bonchev–Trinajstić information content (AvgIpc) is 2.28. The number of hydrogen-bond donors (Lipinski definition) is 1. The van der Waals surface area contributed by atoms with Crippen LogP contribution < -0.4 is 5.73 Å². The van der Waals surface area contributed by atoms with Gasteiger partial charge >= 0.3 is 0 Å². The summed E-state index contributed by atoms with van der Waals surface area (Å²) >= 11 is 3.44. The molecule has 2 rings (SSSR count). The molecule has 2 aromatic carbocycles. The molecule has 0 fully saturated rings. The number of nitrogens with two attached hydrogens (primary N) is 1. The van der Waals surface area contributed by atoms with E-state index in [1.807, 2.05) is 38.1 Å². The predicted molar refractivity (Wildman–Crippen MR) is 75.9 cm³/mol. The van der Waals surface area contributed by atoms with Crippen molar-refractivity contribution in [1.29, 1.82) is 0 Å². The fourth-order valence-electron chi connectivity index (χ4n) is 2.18. The highest BCUT2D eigenvalue weighted by atomic mass is 79.9. The lowest BCUT2D eigenvalue weighted by Gasteiger charge is -2.28. The molecule has 0 heterocycles. The van der Waals surface area contributed by atoms with Crippen molar-refractivity contribution < 1.29 is 4.39 Å². The van der Waals surface area contributed by atoms with Crippen molar-refractivity contribution in [1.82, 2.24) is 0 Å². The van der Waals surface area contributed by atoms with Crippen molar-refractivity contribution in [2.45, 2.75) is 19.4 Å². The lowest BCUT2D eigenvalue weighted by molar-refractivity contribution is 0.588. The van der Waals surface area contributed by atoms with Gasteiger partial charge in [-0.05, 0) is 54.8 Å². The van der Waals surface area contributed by atoms with Crippen LogP contribution in [-0.4, -0.2) is 0 Å². The minimum absolute atomic E-state index is 0.235. The fraction of sp³-hybridized carbons (Fsp3) is 0.200. The highest BCUT2D eigenvalue weighted by Crippen LogP contribution is 2.30. The molecular weight excluding hydrogens is 293 g/mol. The van der Waals surface area contributed by atoms with Crippen LogP contribution in [0.25, 0.3) is 0 Å². The standard InChI is InChI=1S/C15H15BrFN/c1-10-8-13(17)6-7-14(10)15(2,18)11-4-3-5-12(16)9-11/h3-9H,18H2,1-2H3. The zero-order valence-corrected chi connectivity index (χ0v) is 12.0. The molecule has 0 aromatic heterocycles. The summed E-state index contributed by atoms with van der Waals surface area (Å²) in [7, 11) is 0. The molecule has 0 saturated carbocycles. The van der Waals surface area contributed by atoms with Crippen LogP contribution in [-0.2, 0) is 5.54 Å². The van der Waals surface area contributed by atoms with E-state index in [4.69, 9.17) is 5.73 Å². The van der Waals surface area contributed by atoms with E-state index in [9.17, 15) is 4.39 Å². The van der Waals surface area contributed by atoms with Crippen LogP contribution in [0.5, 0.6) is 0 Å². The minimum atomic E-state index is -0.637. The Balaban J connectivity index is 2.53. The van der Waals surface area contributed by atoms with Gasteiger partial charge in [0.25, 0.3) is 0 Å². The first-order valence-corrected chi connectivity index (χ1v) is 6.52. The Bertz CT molecular complexity index is 578. The van der Waals surface area contributed by atoms with E-state index < -0.39 is 5.54 Å². The van der Waals surface area contributed by atoms with Gasteiger partial charge in [-0.2, -0.15) is 0 Å². The first-order chi connectivity index (χ1) is 8.41. The van der Waals surface area contributed by atoms with Gasteiger partial charge in [0.2, 0.25) is 0 Å². The molecule has 0 aliphatic carbocycles. The first kappa shape index (κ1) is 13.2. The monoisotopic (exact) mass is 307 g/mol. The highest BCUT2D eigenvalue weighted by molar-refractivity contribution is 9.10. The van der Waals surface area contributed by atoms with Gasteiger partial charge in [0, 0.05) is 4.47 Å². The number of halogens is 2. The normalized spacial score (nSPS) is 14.3. The lowest BCUT2D eigenvalue weighted by Crippen LogP contribution is -2.35. The van der Waals surface area contributed by atoms with Gasteiger partial charge in [-0.1, -0.05) is 34.1 Å². The van der Waals surface area contributed by atoms with E-state index >= 15 is 0 Å². The van der Waals surface area contributed by atoms with Crippen molar-refractivity contribution in [3.05, 3.63) is 69.4 Å². The van der Waals surface area contributed by atoms with Gasteiger partial charge in [0.1, 0.15) is 5.82 Å². The zero-order chi connectivity index (χ0) is 13.3. The topological polar surface area (TPSA) is 26.0 Å². The predicted octanol–water partition coefficient (Wildman–Crippen LogP) is 4.12. The van der Waals surface area contributed by atoms with Gasteiger partial charge < -0.3 is 5.73 Å². The Morgan fingerprint density at radius 1 is 1.17 bits per heavy atom. The molecule has 3 heteroatoms. The molecule has 0 aliphatic rings. The summed E-state index contributed by atoms with van der Waals surface area (Å²) in [5, 5.41) is 0. The Morgan fingerprint density at radius 2 is 1.89 bits per heavy atom. The van der Waals surface area contributed by atoms with Crippen molar-refractivity contribution in [2.75, 3.05) is 0 Å². The summed E-state index contributed by atoms with van der Waals surface area (Å²) in [4.78, 5) is 0. The van der Waals surface area contributed by atoms with Crippen molar-refractivity contribution in [2.24, 2.45) is 5.73 Å². The van der Waals surface area contributed by atoms with Crippen LogP contribution in [0.1, 0.15) is 23.6 Å². The quantitative estimate of drug-likeness (QED) is 0.887. The van der Waals surface area contributed by atoms with Crippen LogP contribution in [0.3, 0.4) is 0 Å². The van der Waals surface area contributed by atoms with Crippen LogP contribution in [0.15, 0.2) is 46.9 Å².